The Bertz CT molecular complexity index is 581. The highest BCUT2D eigenvalue weighted by Gasteiger charge is 2.57. The Morgan fingerprint density at radius 3 is 2.64 bits per heavy atom. The van der Waals surface area contributed by atoms with Crippen molar-refractivity contribution >= 4 is 6.29 Å². The molecule has 140 valence electrons. The summed E-state index contributed by atoms with van der Waals surface area (Å²) in [7, 11) is 0. The van der Waals surface area contributed by atoms with Crippen molar-refractivity contribution in [1.82, 2.24) is 0 Å². The maximum absolute atomic E-state index is 11.3. The van der Waals surface area contributed by atoms with Crippen LogP contribution in [0.3, 0.4) is 0 Å². The summed E-state index contributed by atoms with van der Waals surface area (Å²) in [6, 6.07) is 0. The molecule has 1 heterocycles. The van der Waals surface area contributed by atoms with Crippen LogP contribution in [0.4, 0.5) is 0 Å². The molecule has 0 radical (unpaired) electrons. The number of rotatable bonds is 2. The lowest BCUT2D eigenvalue weighted by Crippen LogP contribution is -2.55. The van der Waals surface area contributed by atoms with Crippen molar-refractivity contribution in [3.8, 4) is 0 Å². The first-order valence-corrected chi connectivity index (χ1v) is 9.22. The second-order valence-corrected chi connectivity index (χ2v) is 8.88. The lowest BCUT2D eigenvalue weighted by atomic mass is 9.46. The molecule has 0 unspecified atom stereocenters. The second-order valence-electron chi connectivity index (χ2n) is 8.88. The van der Waals surface area contributed by atoms with Crippen LogP contribution < -0.4 is 0 Å². The molecule has 3 rings (SSSR count). The lowest BCUT2D eigenvalue weighted by molar-refractivity contribution is -0.389. The fraction of sp³-hybridized carbons (Fsp3) is 0.750. The van der Waals surface area contributed by atoms with Crippen LogP contribution in [0.5, 0.6) is 0 Å². The summed E-state index contributed by atoms with van der Waals surface area (Å²) in [5, 5.41) is 20.5. The number of carbonyl (C=O) groups excluding carboxylic acids is 1. The standard InChI is InChI=1S/C20H30O5/c1-12-14(22)10-16-19(2,3)6-5-7-20(16,4)18(12)15-8-13(11-21)9-17(23)25-24-15/h8,11,14-18,22-23H,1,5-7,9-10H2,2-4H3/t14-,15+,16+,17+,18-,20+/m1/s1. The van der Waals surface area contributed by atoms with Gasteiger partial charge in [0.25, 0.3) is 0 Å². The Kier molecular flexibility index (Phi) is 4.97. The van der Waals surface area contributed by atoms with E-state index in [0.29, 0.717) is 17.9 Å². The number of hydrogen-bond donors (Lipinski definition) is 2. The van der Waals surface area contributed by atoms with Crippen LogP contribution in [-0.2, 0) is 14.6 Å². The number of aliphatic hydroxyl groups excluding tert-OH is 2. The Morgan fingerprint density at radius 2 is 1.96 bits per heavy atom. The highest BCUT2D eigenvalue weighted by Crippen LogP contribution is 2.62. The van der Waals surface area contributed by atoms with Gasteiger partial charge in [0.2, 0.25) is 0 Å². The molecule has 0 bridgehead atoms. The Hall–Kier alpha value is -1.01. The molecule has 5 nitrogen and oxygen atoms in total. The van der Waals surface area contributed by atoms with Gasteiger partial charge < -0.3 is 10.2 Å². The van der Waals surface area contributed by atoms with Gasteiger partial charge in [0.15, 0.2) is 6.29 Å². The van der Waals surface area contributed by atoms with Crippen molar-refractivity contribution in [2.75, 3.05) is 0 Å². The predicted octanol–water partition coefficient (Wildman–Crippen LogP) is 2.92. The maximum atomic E-state index is 11.3. The van der Waals surface area contributed by atoms with E-state index < -0.39 is 18.5 Å². The highest BCUT2D eigenvalue weighted by molar-refractivity contribution is 5.73. The molecule has 2 aliphatic carbocycles. The summed E-state index contributed by atoms with van der Waals surface area (Å²) < 4.78 is 0. The van der Waals surface area contributed by atoms with Gasteiger partial charge in [-0.3, -0.25) is 4.79 Å². The normalized spacial score (nSPS) is 44.4. The molecule has 5 heteroatoms. The predicted molar refractivity (Wildman–Crippen MR) is 93.2 cm³/mol. The quantitative estimate of drug-likeness (QED) is 0.455. The number of carbonyl (C=O) groups is 1. The fourth-order valence-electron chi connectivity index (χ4n) is 5.63. The van der Waals surface area contributed by atoms with Gasteiger partial charge in [-0.05, 0) is 53.2 Å². The van der Waals surface area contributed by atoms with E-state index in [-0.39, 0.29) is 23.2 Å². The van der Waals surface area contributed by atoms with Crippen LogP contribution in [0.2, 0.25) is 0 Å². The maximum Gasteiger partial charge on any atom is 0.192 e. The molecular formula is C20H30O5. The SMILES string of the molecule is C=C1[C@H](O)C[C@H]2C(C)(C)CCC[C@]2(C)[C@H]1[C@@H]1C=C(C=O)C[C@@H](O)OO1. The average Bonchev–Trinajstić information content (AvgIpc) is 2.71. The molecule has 0 saturated heterocycles. The summed E-state index contributed by atoms with van der Waals surface area (Å²) in [4.78, 5) is 21.9. The van der Waals surface area contributed by atoms with E-state index in [1.165, 1.54) is 0 Å². The second kappa shape index (κ2) is 6.62. The zero-order valence-corrected chi connectivity index (χ0v) is 15.4. The first kappa shape index (κ1) is 18.8. The third-order valence-electron chi connectivity index (χ3n) is 6.82. The molecule has 0 aromatic carbocycles. The van der Waals surface area contributed by atoms with Crippen LogP contribution in [0.1, 0.15) is 52.9 Å². The Labute approximate surface area is 149 Å². The van der Waals surface area contributed by atoms with E-state index in [9.17, 15) is 15.0 Å². The zero-order chi connectivity index (χ0) is 18.4. The topological polar surface area (TPSA) is 76.0 Å². The summed E-state index contributed by atoms with van der Waals surface area (Å²) in [6.45, 7) is 11.0. The number of fused-ring (bicyclic) bond motifs is 1. The molecule has 2 fully saturated rings. The van der Waals surface area contributed by atoms with Gasteiger partial charge in [0, 0.05) is 12.3 Å². The van der Waals surface area contributed by atoms with Crippen LogP contribution in [-0.4, -0.2) is 35.0 Å². The minimum atomic E-state index is -1.16. The van der Waals surface area contributed by atoms with E-state index >= 15 is 0 Å². The zero-order valence-electron chi connectivity index (χ0n) is 15.4. The monoisotopic (exact) mass is 350 g/mol. The van der Waals surface area contributed by atoms with Gasteiger partial charge in [-0.25, -0.2) is 9.78 Å². The first-order valence-electron chi connectivity index (χ1n) is 9.22. The van der Waals surface area contributed by atoms with Crippen molar-refractivity contribution in [1.29, 1.82) is 0 Å². The summed E-state index contributed by atoms with van der Waals surface area (Å²) >= 11 is 0. The fourth-order valence-corrected chi connectivity index (χ4v) is 5.63. The number of hydrogen-bond acceptors (Lipinski definition) is 5. The van der Waals surface area contributed by atoms with Gasteiger partial charge >= 0.3 is 0 Å². The average molecular weight is 350 g/mol. The molecule has 3 aliphatic rings. The van der Waals surface area contributed by atoms with Crippen LogP contribution in [0.15, 0.2) is 23.8 Å². The van der Waals surface area contributed by atoms with Gasteiger partial charge in [0.1, 0.15) is 12.4 Å². The van der Waals surface area contributed by atoms with Crippen molar-refractivity contribution in [2.45, 2.75) is 71.4 Å². The van der Waals surface area contributed by atoms with E-state index in [1.54, 1.807) is 6.08 Å². The molecule has 6 atom stereocenters. The molecule has 1 aliphatic heterocycles. The molecule has 0 aromatic rings. The minimum Gasteiger partial charge on any atom is -0.389 e. The lowest BCUT2D eigenvalue weighted by Gasteiger charge is -2.59. The van der Waals surface area contributed by atoms with Gasteiger partial charge in [-0.1, -0.05) is 33.8 Å². The summed E-state index contributed by atoms with van der Waals surface area (Å²) in [6.07, 6.45) is 4.26. The van der Waals surface area contributed by atoms with Gasteiger partial charge in [-0.15, -0.1) is 0 Å². The number of aliphatic hydroxyl groups is 2. The molecule has 0 amide bonds. The molecule has 2 saturated carbocycles. The van der Waals surface area contributed by atoms with E-state index in [4.69, 9.17) is 9.78 Å². The van der Waals surface area contributed by atoms with Crippen molar-refractivity contribution in [3.63, 3.8) is 0 Å². The van der Waals surface area contributed by atoms with Gasteiger partial charge in [0.05, 0.1) is 6.10 Å². The minimum absolute atomic E-state index is 0.105. The van der Waals surface area contributed by atoms with E-state index in [1.807, 2.05) is 0 Å². The molecule has 0 spiro atoms. The Balaban J connectivity index is 2.02. The van der Waals surface area contributed by atoms with Crippen molar-refractivity contribution in [3.05, 3.63) is 23.8 Å². The third-order valence-corrected chi connectivity index (χ3v) is 6.82. The van der Waals surface area contributed by atoms with Crippen LogP contribution in [0, 0.1) is 22.7 Å². The third kappa shape index (κ3) is 3.23. The van der Waals surface area contributed by atoms with Crippen LogP contribution in [0.25, 0.3) is 0 Å². The molecular weight excluding hydrogens is 320 g/mol. The summed E-state index contributed by atoms with van der Waals surface area (Å²) in [5.74, 6) is 0.158. The number of aldehydes is 1. The summed E-state index contributed by atoms with van der Waals surface area (Å²) in [5.41, 5.74) is 1.21. The first-order chi connectivity index (χ1) is 11.7. The van der Waals surface area contributed by atoms with Crippen molar-refractivity contribution < 1.29 is 24.8 Å². The van der Waals surface area contributed by atoms with Crippen LogP contribution >= 0.6 is 0 Å². The molecule has 25 heavy (non-hydrogen) atoms. The largest absolute Gasteiger partial charge is 0.389 e. The smallest absolute Gasteiger partial charge is 0.192 e. The Morgan fingerprint density at radius 1 is 1.24 bits per heavy atom. The molecule has 2 N–H and O–H groups in total. The van der Waals surface area contributed by atoms with Gasteiger partial charge in [-0.2, -0.15) is 0 Å². The highest BCUT2D eigenvalue weighted by atomic mass is 17.2. The van der Waals surface area contributed by atoms with Crippen molar-refractivity contribution in [2.24, 2.45) is 22.7 Å². The van der Waals surface area contributed by atoms with E-state index in [2.05, 4.69) is 27.4 Å². The molecule has 0 aromatic heterocycles. The van der Waals surface area contributed by atoms with E-state index in [0.717, 1.165) is 31.1 Å².